The summed E-state index contributed by atoms with van der Waals surface area (Å²) in [7, 11) is 4.47. The third-order valence-corrected chi connectivity index (χ3v) is 5.37. The summed E-state index contributed by atoms with van der Waals surface area (Å²) in [6.07, 6.45) is 1.31. The van der Waals surface area contributed by atoms with E-state index in [1.165, 1.54) is 65.3 Å². The monoisotopic (exact) mass is 296 g/mol. The van der Waals surface area contributed by atoms with Crippen LogP contribution >= 0.6 is 0 Å². The van der Waals surface area contributed by atoms with Crippen molar-refractivity contribution < 1.29 is 0 Å². The molecule has 0 amide bonds. The number of piperazine rings is 2. The Kier molecular flexibility index (Phi) is 6.06. The van der Waals surface area contributed by atoms with Gasteiger partial charge in [0.2, 0.25) is 0 Å². The van der Waals surface area contributed by atoms with E-state index in [4.69, 9.17) is 0 Å². The topological polar surface area (TPSA) is 13.0 Å². The zero-order valence-electron chi connectivity index (χ0n) is 14.9. The van der Waals surface area contributed by atoms with Crippen LogP contribution in [0.2, 0.25) is 0 Å². The molecule has 2 rings (SSSR count). The van der Waals surface area contributed by atoms with E-state index in [0.717, 1.165) is 5.92 Å². The zero-order valence-corrected chi connectivity index (χ0v) is 14.9. The van der Waals surface area contributed by atoms with E-state index >= 15 is 0 Å². The van der Waals surface area contributed by atoms with Crippen LogP contribution in [-0.2, 0) is 0 Å². The first kappa shape index (κ1) is 17.2. The van der Waals surface area contributed by atoms with Crippen LogP contribution in [0.15, 0.2) is 0 Å². The largest absolute Gasteiger partial charge is 0.304 e. The molecule has 21 heavy (non-hydrogen) atoms. The maximum absolute atomic E-state index is 2.70. The molecule has 0 aromatic heterocycles. The van der Waals surface area contributed by atoms with Gasteiger partial charge in [0.05, 0.1) is 0 Å². The molecule has 4 nitrogen and oxygen atoms in total. The average Bonchev–Trinajstić information content (AvgIpc) is 2.41. The summed E-state index contributed by atoms with van der Waals surface area (Å²) in [4.78, 5) is 10.2. The van der Waals surface area contributed by atoms with Gasteiger partial charge in [-0.05, 0) is 40.3 Å². The van der Waals surface area contributed by atoms with Crippen LogP contribution in [0.5, 0.6) is 0 Å². The van der Waals surface area contributed by atoms with E-state index in [0.29, 0.717) is 5.54 Å². The van der Waals surface area contributed by atoms with Crippen LogP contribution in [0.4, 0.5) is 0 Å². The summed E-state index contributed by atoms with van der Waals surface area (Å²) in [5.41, 5.74) is 0.341. The van der Waals surface area contributed by atoms with Crippen molar-refractivity contribution >= 4 is 0 Å². The third kappa shape index (κ3) is 5.20. The SMILES string of the molecule is CC(CN1CCN(C)CC1)CC(C)(C)N1CCN(C)CC1. The van der Waals surface area contributed by atoms with Gasteiger partial charge in [-0.1, -0.05) is 6.92 Å². The van der Waals surface area contributed by atoms with Crippen molar-refractivity contribution in [3.05, 3.63) is 0 Å². The van der Waals surface area contributed by atoms with Gasteiger partial charge in [-0.15, -0.1) is 0 Å². The lowest BCUT2D eigenvalue weighted by atomic mass is 9.89. The molecular formula is C17H36N4. The Morgan fingerprint density at radius 3 is 1.81 bits per heavy atom. The highest BCUT2D eigenvalue weighted by Crippen LogP contribution is 2.25. The summed E-state index contributed by atoms with van der Waals surface area (Å²) >= 11 is 0. The Labute approximate surface area is 132 Å². The van der Waals surface area contributed by atoms with Gasteiger partial charge in [0.1, 0.15) is 0 Å². The molecule has 124 valence electrons. The molecule has 0 aromatic rings. The van der Waals surface area contributed by atoms with Crippen LogP contribution in [0.3, 0.4) is 0 Å². The Hall–Kier alpha value is -0.160. The van der Waals surface area contributed by atoms with Gasteiger partial charge in [0, 0.05) is 64.4 Å². The average molecular weight is 297 g/mol. The van der Waals surface area contributed by atoms with Crippen LogP contribution in [0.25, 0.3) is 0 Å². The van der Waals surface area contributed by atoms with Crippen molar-refractivity contribution in [2.75, 3.05) is 73.0 Å². The molecule has 2 aliphatic rings. The molecule has 1 unspecified atom stereocenters. The molecule has 2 saturated heterocycles. The first-order valence-corrected chi connectivity index (χ1v) is 8.71. The van der Waals surface area contributed by atoms with Crippen molar-refractivity contribution in [2.24, 2.45) is 5.92 Å². The van der Waals surface area contributed by atoms with Crippen molar-refractivity contribution in [1.29, 1.82) is 0 Å². The summed E-state index contributed by atoms with van der Waals surface area (Å²) in [5.74, 6) is 0.781. The Morgan fingerprint density at radius 2 is 1.29 bits per heavy atom. The Morgan fingerprint density at radius 1 is 0.810 bits per heavy atom. The van der Waals surface area contributed by atoms with Gasteiger partial charge >= 0.3 is 0 Å². The molecular weight excluding hydrogens is 260 g/mol. The molecule has 2 fully saturated rings. The Bertz CT molecular complexity index is 302. The van der Waals surface area contributed by atoms with Gasteiger partial charge in [-0.3, -0.25) is 4.90 Å². The number of rotatable bonds is 5. The lowest BCUT2D eigenvalue weighted by molar-refractivity contribution is 0.0405. The van der Waals surface area contributed by atoms with Crippen molar-refractivity contribution in [1.82, 2.24) is 19.6 Å². The van der Waals surface area contributed by atoms with Gasteiger partial charge in [-0.2, -0.15) is 0 Å². The maximum atomic E-state index is 2.70. The number of hydrogen-bond acceptors (Lipinski definition) is 4. The van der Waals surface area contributed by atoms with Crippen LogP contribution in [0, 0.1) is 5.92 Å². The van der Waals surface area contributed by atoms with E-state index in [-0.39, 0.29) is 0 Å². The predicted molar refractivity (Wildman–Crippen MR) is 90.9 cm³/mol. The van der Waals surface area contributed by atoms with Crippen molar-refractivity contribution in [3.8, 4) is 0 Å². The summed E-state index contributed by atoms with van der Waals surface area (Å²) in [6, 6.07) is 0. The third-order valence-electron chi connectivity index (χ3n) is 5.37. The summed E-state index contributed by atoms with van der Waals surface area (Å²) in [6.45, 7) is 18.4. The highest BCUT2D eigenvalue weighted by atomic mass is 15.3. The molecule has 2 heterocycles. The second kappa shape index (κ2) is 7.40. The van der Waals surface area contributed by atoms with Gasteiger partial charge in [-0.25, -0.2) is 0 Å². The highest BCUT2D eigenvalue weighted by Gasteiger charge is 2.31. The van der Waals surface area contributed by atoms with Crippen molar-refractivity contribution in [2.45, 2.75) is 32.7 Å². The van der Waals surface area contributed by atoms with Crippen LogP contribution in [-0.4, -0.2) is 98.1 Å². The molecule has 0 spiro atoms. The molecule has 1 atom stereocenters. The van der Waals surface area contributed by atoms with E-state index in [1.807, 2.05) is 0 Å². The van der Waals surface area contributed by atoms with Crippen LogP contribution < -0.4 is 0 Å². The molecule has 0 bridgehead atoms. The molecule has 0 N–H and O–H groups in total. The lowest BCUT2D eigenvalue weighted by Crippen LogP contribution is -2.54. The zero-order chi connectivity index (χ0) is 15.5. The Balaban J connectivity index is 1.76. The fraction of sp³-hybridized carbons (Fsp3) is 1.00. The minimum atomic E-state index is 0.341. The van der Waals surface area contributed by atoms with E-state index < -0.39 is 0 Å². The number of hydrogen-bond donors (Lipinski definition) is 0. The second-order valence-corrected chi connectivity index (χ2v) is 8.02. The fourth-order valence-corrected chi connectivity index (χ4v) is 3.93. The second-order valence-electron chi connectivity index (χ2n) is 8.02. The first-order valence-electron chi connectivity index (χ1n) is 8.71. The highest BCUT2D eigenvalue weighted by molar-refractivity contribution is 4.87. The number of nitrogens with zero attached hydrogens (tertiary/aromatic N) is 4. The fourth-order valence-electron chi connectivity index (χ4n) is 3.93. The van der Waals surface area contributed by atoms with Crippen molar-refractivity contribution in [3.63, 3.8) is 0 Å². The smallest absolute Gasteiger partial charge is 0.0157 e. The normalized spacial score (nSPS) is 26.1. The van der Waals surface area contributed by atoms with Gasteiger partial charge in [0.15, 0.2) is 0 Å². The molecule has 4 heteroatoms. The molecule has 0 saturated carbocycles. The summed E-state index contributed by atoms with van der Waals surface area (Å²) < 4.78 is 0. The predicted octanol–water partition coefficient (Wildman–Crippen LogP) is 1.29. The first-order chi connectivity index (χ1) is 9.87. The quantitative estimate of drug-likeness (QED) is 0.758. The van der Waals surface area contributed by atoms with E-state index in [9.17, 15) is 0 Å². The van der Waals surface area contributed by atoms with Gasteiger partial charge in [0.25, 0.3) is 0 Å². The molecule has 2 aliphatic heterocycles. The van der Waals surface area contributed by atoms with Crippen LogP contribution in [0.1, 0.15) is 27.2 Å². The number of likely N-dealkylation sites (N-methyl/N-ethyl adjacent to an activating group) is 2. The van der Waals surface area contributed by atoms with E-state index in [1.54, 1.807) is 0 Å². The summed E-state index contributed by atoms with van der Waals surface area (Å²) in [5, 5.41) is 0. The minimum Gasteiger partial charge on any atom is -0.304 e. The molecule has 0 radical (unpaired) electrons. The molecule has 0 aliphatic carbocycles. The standard InChI is InChI=1S/C17H36N4/c1-16(15-20-10-6-18(4)7-11-20)14-17(2,3)21-12-8-19(5)9-13-21/h16H,6-15H2,1-5H3. The molecule has 0 aromatic carbocycles. The van der Waals surface area contributed by atoms with Gasteiger partial charge < -0.3 is 14.7 Å². The maximum Gasteiger partial charge on any atom is 0.0157 e. The minimum absolute atomic E-state index is 0.341. The lowest BCUT2D eigenvalue weighted by Gasteiger charge is -2.45. The van der Waals surface area contributed by atoms with E-state index in [2.05, 4.69) is 54.5 Å².